The smallest absolute Gasteiger partial charge is 0.269 e. The maximum absolute atomic E-state index is 12.2. The molecule has 1 saturated carbocycles. The minimum absolute atomic E-state index is 0.0628. The number of carbonyl (C=O) groups is 2. The average molecular weight is 373 g/mol. The molecular weight excluding hydrogens is 354 g/mol. The molecule has 7 nitrogen and oxygen atoms in total. The zero-order valence-electron chi connectivity index (χ0n) is 14.0. The molecule has 1 heterocycles. The first kappa shape index (κ1) is 18.1. The van der Waals surface area contributed by atoms with Gasteiger partial charge < -0.3 is 10.6 Å². The highest BCUT2D eigenvalue weighted by Crippen LogP contribution is 2.42. The second-order valence-electron chi connectivity index (χ2n) is 6.21. The van der Waals surface area contributed by atoms with Crippen LogP contribution in [0.3, 0.4) is 0 Å². The molecule has 0 saturated heterocycles. The van der Waals surface area contributed by atoms with Gasteiger partial charge >= 0.3 is 0 Å². The lowest BCUT2D eigenvalue weighted by Gasteiger charge is -2.17. The maximum atomic E-state index is 12.2. The minimum Gasteiger partial charge on any atom is -0.352 e. The molecule has 0 bridgehead atoms. The lowest BCUT2D eigenvalue weighted by Crippen LogP contribution is -2.33. The fourth-order valence-electron chi connectivity index (χ4n) is 2.69. The van der Waals surface area contributed by atoms with Gasteiger partial charge in [0.15, 0.2) is 0 Å². The van der Waals surface area contributed by atoms with Crippen molar-refractivity contribution in [3.63, 3.8) is 0 Å². The van der Waals surface area contributed by atoms with Crippen molar-refractivity contribution < 1.29 is 14.5 Å². The van der Waals surface area contributed by atoms with Gasteiger partial charge in [-0.15, -0.1) is 11.3 Å². The van der Waals surface area contributed by atoms with Crippen LogP contribution in [0.25, 0.3) is 0 Å². The van der Waals surface area contributed by atoms with E-state index in [1.807, 2.05) is 17.5 Å². The molecule has 2 aromatic rings. The van der Waals surface area contributed by atoms with Gasteiger partial charge in [0.1, 0.15) is 0 Å². The first-order chi connectivity index (χ1) is 12.5. The molecule has 3 rings (SSSR count). The molecule has 1 aromatic carbocycles. The standard InChI is InChI=1S/C18H19N3O4S/c22-16(20-17(12-3-4-12)15-2-1-11-26-15)9-10-19-18(23)13-5-7-14(8-6-13)21(24)25/h1-2,5-8,11-12,17H,3-4,9-10H2,(H,19,23)(H,20,22). The van der Waals surface area contributed by atoms with Crippen LogP contribution in [-0.4, -0.2) is 23.3 Å². The molecule has 1 unspecified atom stereocenters. The Bertz CT molecular complexity index is 785. The van der Waals surface area contributed by atoms with Gasteiger partial charge in [-0.05, 0) is 42.3 Å². The molecule has 2 N–H and O–H groups in total. The Morgan fingerprint density at radius 3 is 2.54 bits per heavy atom. The van der Waals surface area contributed by atoms with Crippen LogP contribution < -0.4 is 10.6 Å². The van der Waals surface area contributed by atoms with E-state index in [2.05, 4.69) is 10.6 Å². The van der Waals surface area contributed by atoms with Crippen LogP contribution in [-0.2, 0) is 4.79 Å². The molecule has 1 aliphatic carbocycles. The Hall–Kier alpha value is -2.74. The third kappa shape index (κ3) is 4.66. The van der Waals surface area contributed by atoms with Crippen molar-refractivity contribution in [2.75, 3.05) is 6.54 Å². The summed E-state index contributed by atoms with van der Waals surface area (Å²) in [4.78, 5) is 35.5. The first-order valence-corrected chi connectivity index (χ1v) is 9.28. The van der Waals surface area contributed by atoms with Crippen LogP contribution in [0.5, 0.6) is 0 Å². The van der Waals surface area contributed by atoms with Gasteiger partial charge in [0, 0.05) is 35.5 Å². The number of hydrogen-bond acceptors (Lipinski definition) is 5. The van der Waals surface area contributed by atoms with Crippen molar-refractivity contribution in [3.8, 4) is 0 Å². The van der Waals surface area contributed by atoms with Crippen molar-refractivity contribution in [2.24, 2.45) is 5.92 Å². The second-order valence-corrected chi connectivity index (χ2v) is 7.19. The van der Waals surface area contributed by atoms with Crippen molar-refractivity contribution in [2.45, 2.75) is 25.3 Å². The molecule has 2 amide bonds. The van der Waals surface area contributed by atoms with E-state index in [0.717, 1.165) is 17.7 Å². The summed E-state index contributed by atoms with van der Waals surface area (Å²) in [7, 11) is 0. The normalized spacial score (nSPS) is 14.5. The highest BCUT2D eigenvalue weighted by Gasteiger charge is 2.33. The Balaban J connectivity index is 1.45. The summed E-state index contributed by atoms with van der Waals surface area (Å²) in [6, 6.07) is 9.43. The molecule has 136 valence electrons. The number of benzene rings is 1. The SMILES string of the molecule is O=C(CCNC(=O)c1ccc([N+](=O)[O-])cc1)NC(c1cccs1)C1CC1. The van der Waals surface area contributed by atoms with Crippen LogP contribution in [0.15, 0.2) is 41.8 Å². The maximum Gasteiger partial charge on any atom is 0.269 e. The Morgan fingerprint density at radius 2 is 1.96 bits per heavy atom. The number of non-ortho nitro benzene ring substituents is 1. The highest BCUT2D eigenvalue weighted by atomic mass is 32.1. The van der Waals surface area contributed by atoms with Gasteiger partial charge in [-0.25, -0.2) is 0 Å². The zero-order chi connectivity index (χ0) is 18.5. The van der Waals surface area contributed by atoms with Crippen LogP contribution in [0, 0.1) is 16.0 Å². The predicted molar refractivity (Wildman–Crippen MR) is 98.0 cm³/mol. The van der Waals surface area contributed by atoms with E-state index >= 15 is 0 Å². The van der Waals surface area contributed by atoms with E-state index in [-0.39, 0.29) is 36.5 Å². The molecule has 0 aliphatic heterocycles. The van der Waals surface area contributed by atoms with E-state index in [1.165, 1.54) is 24.3 Å². The lowest BCUT2D eigenvalue weighted by molar-refractivity contribution is -0.384. The largest absolute Gasteiger partial charge is 0.352 e. The van der Waals surface area contributed by atoms with Gasteiger partial charge in [0.2, 0.25) is 5.91 Å². The molecule has 1 aromatic heterocycles. The zero-order valence-corrected chi connectivity index (χ0v) is 14.8. The second kappa shape index (κ2) is 8.09. The number of nitrogens with one attached hydrogen (secondary N) is 2. The Morgan fingerprint density at radius 1 is 1.23 bits per heavy atom. The number of rotatable bonds is 8. The monoisotopic (exact) mass is 373 g/mol. The summed E-state index contributed by atoms with van der Waals surface area (Å²) in [5, 5.41) is 18.3. The van der Waals surface area contributed by atoms with Gasteiger partial charge in [0.25, 0.3) is 11.6 Å². The van der Waals surface area contributed by atoms with Crippen LogP contribution >= 0.6 is 11.3 Å². The van der Waals surface area contributed by atoms with Crippen LogP contribution in [0.2, 0.25) is 0 Å². The number of carbonyl (C=O) groups excluding carboxylic acids is 2. The lowest BCUT2D eigenvalue weighted by atomic mass is 10.1. The topological polar surface area (TPSA) is 101 Å². The molecule has 1 atom stereocenters. The first-order valence-electron chi connectivity index (χ1n) is 8.40. The number of amides is 2. The summed E-state index contributed by atoms with van der Waals surface area (Å²) >= 11 is 1.64. The Kier molecular flexibility index (Phi) is 5.62. The van der Waals surface area contributed by atoms with Gasteiger partial charge in [-0.3, -0.25) is 19.7 Å². The molecular formula is C18H19N3O4S. The van der Waals surface area contributed by atoms with Crippen molar-refractivity contribution in [1.29, 1.82) is 0 Å². The quantitative estimate of drug-likeness (QED) is 0.548. The van der Waals surface area contributed by atoms with Crippen LogP contribution in [0.4, 0.5) is 5.69 Å². The molecule has 1 aliphatic rings. The highest BCUT2D eigenvalue weighted by molar-refractivity contribution is 7.10. The minimum atomic E-state index is -0.518. The molecule has 26 heavy (non-hydrogen) atoms. The fraction of sp³-hybridized carbons (Fsp3) is 0.333. The number of thiophene rings is 1. The van der Waals surface area contributed by atoms with E-state index in [4.69, 9.17) is 0 Å². The van der Waals surface area contributed by atoms with E-state index < -0.39 is 4.92 Å². The summed E-state index contributed by atoms with van der Waals surface area (Å²) < 4.78 is 0. The number of nitro groups is 1. The molecule has 8 heteroatoms. The Labute approximate surface area is 154 Å². The van der Waals surface area contributed by atoms with Crippen molar-refractivity contribution in [3.05, 3.63) is 62.3 Å². The summed E-state index contributed by atoms with van der Waals surface area (Å²) in [5.74, 6) is 0.0521. The summed E-state index contributed by atoms with van der Waals surface area (Å²) in [5.41, 5.74) is 0.256. The van der Waals surface area contributed by atoms with Crippen molar-refractivity contribution >= 4 is 28.8 Å². The predicted octanol–water partition coefficient (Wildman–Crippen LogP) is 3.04. The fourth-order valence-corrected chi connectivity index (χ4v) is 3.56. The van der Waals surface area contributed by atoms with Crippen molar-refractivity contribution in [1.82, 2.24) is 10.6 Å². The van der Waals surface area contributed by atoms with Gasteiger partial charge in [-0.1, -0.05) is 6.07 Å². The molecule has 1 fully saturated rings. The third-order valence-electron chi connectivity index (χ3n) is 4.24. The van der Waals surface area contributed by atoms with E-state index in [9.17, 15) is 19.7 Å². The van der Waals surface area contributed by atoms with Gasteiger partial charge in [0.05, 0.1) is 11.0 Å². The third-order valence-corrected chi connectivity index (χ3v) is 5.19. The summed E-state index contributed by atoms with van der Waals surface area (Å²) in [6.45, 7) is 0.212. The summed E-state index contributed by atoms with van der Waals surface area (Å²) in [6.07, 6.45) is 2.44. The average Bonchev–Trinajstić information content (AvgIpc) is 3.33. The van der Waals surface area contributed by atoms with Crippen LogP contribution in [0.1, 0.15) is 40.5 Å². The molecule has 0 radical (unpaired) electrons. The number of nitrogens with zero attached hydrogens (tertiary/aromatic N) is 1. The number of hydrogen-bond donors (Lipinski definition) is 2. The van der Waals surface area contributed by atoms with E-state index in [0.29, 0.717) is 11.5 Å². The number of nitro benzene ring substituents is 1. The van der Waals surface area contributed by atoms with E-state index in [1.54, 1.807) is 11.3 Å². The molecule has 0 spiro atoms. The van der Waals surface area contributed by atoms with Gasteiger partial charge in [-0.2, -0.15) is 0 Å².